The van der Waals surface area contributed by atoms with Crippen LogP contribution in [-0.2, 0) is 27.9 Å². The Morgan fingerprint density at radius 1 is 0.422 bits per heavy atom. The quantitative estimate of drug-likeness (QED) is 0.0312. The van der Waals surface area contributed by atoms with Gasteiger partial charge in [-0.25, -0.2) is 4.57 Å². The number of hydrogen-bond acceptors (Lipinski definition) is 7. The van der Waals surface area contributed by atoms with Gasteiger partial charge in [0, 0.05) is 19.4 Å². The lowest BCUT2D eigenvalue weighted by atomic mass is 10.0. The maximum atomic E-state index is 12.2. The Labute approximate surface area is 396 Å². The lowest BCUT2D eigenvalue weighted by Gasteiger charge is -2.15. The Kier molecular flexibility index (Phi) is 50.6. The molecule has 382 valence electrons. The number of esters is 1. The van der Waals surface area contributed by atoms with Gasteiger partial charge in [0.1, 0.15) is 12.7 Å². The van der Waals surface area contributed by atoms with Crippen LogP contribution < -0.4 is 5.32 Å². The number of ether oxygens (including phenoxy) is 1. The number of carbonyl (C=O) groups excluding carboxylic acids is 2. The van der Waals surface area contributed by atoms with E-state index in [1.807, 2.05) is 0 Å². The Hall–Kier alpha value is -0.990. The lowest BCUT2D eigenvalue weighted by molar-refractivity contribution is -0.147. The number of aliphatic hydroxyl groups excluding tert-OH is 1. The molecule has 64 heavy (non-hydrogen) atoms. The predicted molar refractivity (Wildman–Crippen MR) is 271 cm³/mol. The number of amides is 1. The summed E-state index contributed by atoms with van der Waals surface area (Å²) in [5, 5.41) is 12.8. The van der Waals surface area contributed by atoms with Crippen molar-refractivity contribution < 1.29 is 37.9 Å². The van der Waals surface area contributed by atoms with Gasteiger partial charge >= 0.3 is 13.8 Å². The lowest BCUT2D eigenvalue weighted by Crippen LogP contribution is -2.27. The first-order valence-electron chi connectivity index (χ1n) is 28.0. The minimum atomic E-state index is -4.42. The van der Waals surface area contributed by atoms with Crippen LogP contribution in [0, 0.1) is 0 Å². The maximum absolute atomic E-state index is 12.2. The molecule has 0 aromatic carbocycles. The molecule has 0 fully saturated rings. The van der Waals surface area contributed by atoms with Gasteiger partial charge in [0.2, 0.25) is 5.91 Å². The van der Waals surface area contributed by atoms with E-state index in [0.29, 0.717) is 12.8 Å². The second kappa shape index (κ2) is 51.4. The van der Waals surface area contributed by atoms with Crippen molar-refractivity contribution in [2.45, 2.75) is 309 Å². The van der Waals surface area contributed by atoms with E-state index < -0.39 is 26.5 Å². The molecule has 0 saturated heterocycles. The topological polar surface area (TPSA) is 131 Å². The molecule has 0 aromatic heterocycles. The van der Waals surface area contributed by atoms with Gasteiger partial charge < -0.3 is 20.1 Å². The van der Waals surface area contributed by atoms with Gasteiger partial charge in [-0.1, -0.05) is 277 Å². The van der Waals surface area contributed by atoms with Crippen molar-refractivity contribution in [2.24, 2.45) is 0 Å². The fourth-order valence-electron chi connectivity index (χ4n) is 8.56. The molecular formula is C54H108NO8P. The van der Waals surface area contributed by atoms with E-state index in [9.17, 15) is 24.2 Å². The average molecular weight is 930 g/mol. The van der Waals surface area contributed by atoms with Gasteiger partial charge in [0.15, 0.2) is 0 Å². The molecule has 0 bridgehead atoms. The number of unbranched alkanes of at least 4 members (excludes halogenated alkanes) is 41. The van der Waals surface area contributed by atoms with Gasteiger partial charge in [-0.2, -0.15) is 0 Å². The molecule has 0 heterocycles. The first-order chi connectivity index (χ1) is 31.3. The summed E-state index contributed by atoms with van der Waals surface area (Å²) >= 11 is 0. The van der Waals surface area contributed by atoms with E-state index in [-0.39, 0.29) is 25.7 Å². The van der Waals surface area contributed by atoms with Crippen LogP contribution in [0.1, 0.15) is 303 Å². The number of aliphatic hydroxyl groups is 1. The van der Waals surface area contributed by atoms with Gasteiger partial charge in [0.05, 0.1) is 13.2 Å². The highest BCUT2D eigenvalue weighted by Crippen LogP contribution is 2.42. The first kappa shape index (κ1) is 63.0. The number of carbonyl (C=O) groups is 2. The van der Waals surface area contributed by atoms with Crippen LogP contribution in [-0.4, -0.2) is 54.3 Å². The van der Waals surface area contributed by atoms with Crippen LogP contribution >= 0.6 is 7.82 Å². The summed E-state index contributed by atoms with van der Waals surface area (Å²) in [5.74, 6) is -0.495. The van der Waals surface area contributed by atoms with Gasteiger partial charge in [-0.3, -0.25) is 18.6 Å². The van der Waals surface area contributed by atoms with Crippen LogP contribution in [0.25, 0.3) is 0 Å². The summed E-state index contributed by atoms with van der Waals surface area (Å²) in [6.07, 6.45) is 56.3. The normalized spacial score (nSPS) is 13.0. The van der Waals surface area contributed by atoms with Crippen molar-refractivity contribution in [2.75, 3.05) is 26.4 Å². The minimum absolute atomic E-state index is 0.0890. The molecular weight excluding hydrogens is 822 g/mol. The molecule has 1 amide bonds. The molecule has 2 atom stereocenters. The molecule has 3 N–H and O–H groups in total. The van der Waals surface area contributed by atoms with Gasteiger partial charge in [-0.15, -0.1) is 0 Å². The number of hydrogen-bond donors (Lipinski definition) is 3. The molecule has 0 spiro atoms. The molecule has 0 aromatic rings. The van der Waals surface area contributed by atoms with Crippen LogP contribution in [0.4, 0.5) is 0 Å². The summed E-state index contributed by atoms with van der Waals surface area (Å²) in [5.41, 5.74) is 0. The first-order valence-corrected chi connectivity index (χ1v) is 29.5. The van der Waals surface area contributed by atoms with Crippen molar-refractivity contribution in [3.05, 3.63) is 0 Å². The molecule has 0 aliphatic carbocycles. The fraction of sp³-hybridized carbons (Fsp3) is 0.963. The van der Waals surface area contributed by atoms with E-state index in [1.54, 1.807) is 0 Å². The average Bonchev–Trinajstić information content (AvgIpc) is 3.28. The summed E-state index contributed by atoms with van der Waals surface area (Å²) in [6, 6.07) is 0. The monoisotopic (exact) mass is 930 g/mol. The van der Waals surface area contributed by atoms with Crippen LogP contribution in [0.15, 0.2) is 0 Å². The van der Waals surface area contributed by atoms with Crippen molar-refractivity contribution in [1.29, 1.82) is 0 Å². The predicted octanol–water partition coefficient (Wildman–Crippen LogP) is 16.7. The molecule has 0 rings (SSSR count). The van der Waals surface area contributed by atoms with Crippen molar-refractivity contribution >= 4 is 19.7 Å². The van der Waals surface area contributed by atoms with E-state index in [1.165, 1.54) is 238 Å². The van der Waals surface area contributed by atoms with Gasteiger partial charge in [-0.05, 0) is 12.8 Å². The maximum Gasteiger partial charge on any atom is 0.472 e. The summed E-state index contributed by atoms with van der Waals surface area (Å²) in [7, 11) is -4.42. The Morgan fingerprint density at radius 3 is 1.02 bits per heavy atom. The van der Waals surface area contributed by atoms with Crippen LogP contribution in [0.5, 0.6) is 0 Å². The highest BCUT2D eigenvalue weighted by Gasteiger charge is 2.23. The highest BCUT2D eigenvalue weighted by atomic mass is 31.2. The molecule has 2 unspecified atom stereocenters. The molecule has 0 aliphatic rings. The van der Waals surface area contributed by atoms with E-state index in [0.717, 1.165) is 38.5 Å². The molecule has 9 nitrogen and oxygen atoms in total. The van der Waals surface area contributed by atoms with E-state index in [2.05, 4.69) is 19.2 Å². The highest BCUT2D eigenvalue weighted by molar-refractivity contribution is 7.47. The standard InChI is InChI=1S/C54H108NO8P/c1-3-5-7-9-11-13-15-17-19-21-23-25-26-27-29-31-33-35-37-39-41-43-45-47-54(58)61-50-52(56)51-63-64(59,60)62-49-48-55-53(57)46-44-42-40-38-36-34-32-30-28-24-22-20-18-16-14-12-10-8-6-4-2/h52,56H,3-51H2,1-2H3,(H,55,57)(H,59,60). The summed E-state index contributed by atoms with van der Waals surface area (Å²) in [4.78, 5) is 34.1. The number of rotatable bonds is 54. The smallest absolute Gasteiger partial charge is 0.463 e. The Morgan fingerprint density at radius 2 is 0.703 bits per heavy atom. The zero-order chi connectivity index (χ0) is 46.7. The van der Waals surface area contributed by atoms with Crippen molar-refractivity contribution in [3.8, 4) is 0 Å². The third kappa shape index (κ3) is 52.0. The summed E-state index contributed by atoms with van der Waals surface area (Å²) in [6.45, 7) is 3.64. The van der Waals surface area contributed by atoms with Crippen LogP contribution in [0.3, 0.4) is 0 Å². The number of phosphoric ester groups is 1. The zero-order valence-electron chi connectivity index (χ0n) is 42.5. The van der Waals surface area contributed by atoms with Crippen molar-refractivity contribution in [3.63, 3.8) is 0 Å². The molecule has 0 aliphatic heterocycles. The minimum Gasteiger partial charge on any atom is -0.463 e. The van der Waals surface area contributed by atoms with Crippen LogP contribution in [0.2, 0.25) is 0 Å². The number of nitrogens with one attached hydrogen (secondary N) is 1. The third-order valence-corrected chi connectivity index (χ3v) is 13.8. The number of phosphoric acid groups is 1. The summed E-state index contributed by atoms with van der Waals surface area (Å²) < 4.78 is 27.1. The van der Waals surface area contributed by atoms with E-state index in [4.69, 9.17) is 13.8 Å². The SMILES string of the molecule is CCCCCCCCCCCCCCCCCCCCCCCCCC(=O)OCC(O)COP(=O)(O)OCCNC(=O)CCCCCCCCCCCCCCCCCCCCCC. The third-order valence-electron chi connectivity index (χ3n) is 12.8. The van der Waals surface area contributed by atoms with E-state index >= 15 is 0 Å². The Bertz CT molecular complexity index is 1020. The largest absolute Gasteiger partial charge is 0.472 e. The molecule has 0 radical (unpaired) electrons. The second-order valence-corrected chi connectivity index (χ2v) is 20.7. The van der Waals surface area contributed by atoms with Gasteiger partial charge in [0.25, 0.3) is 0 Å². The fourth-order valence-corrected chi connectivity index (χ4v) is 9.32. The molecule has 10 heteroatoms. The molecule has 0 saturated carbocycles. The van der Waals surface area contributed by atoms with Crippen molar-refractivity contribution in [1.82, 2.24) is 5.32 Å². The second-order valence-electron chi connectivity index (χ2n) is 19.3. The Balaban J connectivity index is 3.47. The zero-order valence-corrected chi connectivity index (χ0v) is 43.4.